The molecule has 2 amide bonds. The van der Waals surface area contributed by atoms with Gasteiger partial charge >= 0.3 is 0 Å². The molecule has 134 valence electrons. The van der Waals surface area contributed by atoms with Crippen molar-refractivity contribution >= 4 is 46.2 Å². The van der Waals surface area contributed by atoms with Gasteiger partial charge in [-0.2, -0.15) is 0 Å². The maximum Gasteiger partial charge on any atom is 0.270 e. The molecule has 0 aromatic heterocycles. The monoisotopic (exact) mass is 381 g/mol. The first-order valence-corrected chi connectivity index (χ1v) is 8.41. The first-order valence-electron chi connectivity index (χ1n) is 8.03. The fourth-order valence-corrected chi connectivity index (χ4v) is 3.60. The predicted molar refractivity (Wildman–Crippen MR) is 99.6 cm³/mol. The molecule has 0 bridgehead atoms. The molecule has 1 heterocycles. The number of phenolic OH excluding ortho intramolecular Hbond substituents is 2. The third kappa shape index (κ3) is 2.38. The number of carbonyl (C=O) groups excluding carboxylic acids is 3. The number of anilines is 1. The highest BCUT2D eigenvalue weighted by Gasteiger charge is 2.43. The molecule has 0 fully saturated rings. The van der Waals surface area contributed by atoms with Crippen molar-refractivity contribution in [3.8, 4) is 11.5 Å². The van der Waals surface area contributed by atoms with Gasteiger partial charge < -0.3 is 15.0 Å². The van der Waals surface area contributed by atoms with Crippen molar-refractivity contribution in [3.63, 3.8) is 0 Å². The molecule has 0 unspecified atom stereocenters. The smallest absolute Gasteiger partial charge is 0.270 e. The Kier molecular flexibility index (Phi) is 3.86. The van der Waals surface area contributed by atoms with E-state index in [9.17, 15) is 24.6 Å². The molecule has 3 aromatic carbocycles. The molecule has 1 aliphatic rings. The van der Waals surface area contributed by atoms with Crippen molar-refractivity contribution in [2.45, 2.75) is 6.42 Å². The van der Waals surface area contributed by atoms with Crippen molar-refractivity contribution in [1.82, 2.24) is 0 Å². The van der Waals surface area contributed by atoms with Crippen LogP contribution in [0.2, 0.25) is 5.02 Å². The number of halogens is 1. The molecule has 7 heteroatoms. The van der Waals surface area contributed by atoms with Gasteiger partial charge in [0.15, 0.2) is 0 Å². The molecular formula is C20H12ClNO5. The molecular weight excluding hydrogens is 370 g/mol. The Labute approximate surface area is 158 Å². The number of imide groups is 1. The van der Waals surface area contributed by atoms with E-state index in [1.165, 1.54) is 12.1 Å². The second-order valence-corrected chi connectivity index (χ2v) is 6.50. The van der Waals surface area contributed by atoms with Crippen LogP contribution in [0, 0.1) is 0 Å². The molecule has 3 aromatic rings. The number of carbonyl (C=O) groups is 3. The highest BCUT2D eigenvalue weighted by molar-refractivity contribution is 6.41. The van der Waals surface area contributed by atoms with Gasteiger partial charge in [-0.25, -0.2) is 4.90 Å². The molecule has 0 atom stereocenters. The Morgan fingerprint density at radius 2 is 1.48 bits per heavy atom. The Bertz CT molecular complexity index is 1090. The number of aromatic hydroxyl groups is 2. The summed E-state index contributed by atoms with van der Waals surface area (Å²) >= 11 is 6.22. The van der Waals surface area contributed by atoms with Crippen molar-refractivity contribution in [3.05, 3.63) is 64.2 Å². The summed E-state index contributed by atoms with van der Waals surface area (Å²) in [5, 5.41) is 21.7. The maximum atomic E-state index is 12.9. The van der Waals surface area contributed by atoms with Crippen molar-refractivity contribution in [1.29, 1.82) is 0 Å². The predicted octanol–water partition coefficient (Wildman–Crippen LogP) is 3.45. The molecule has 4 rings (SSSR count). The minimum absolute atomic E-state index is 0.104. The number of benzene rings is 3. The van der Waals surface area contributed by atoms with E-state index in [1.807, 2.05) is 0 Å². The number of nitrogens with zero attached hydrogens (tertiary/aromatic N) is 1. The van der Waals surface area contributed by atoms with E-state index in [4.69, 9.17) is 11.6 Å². The van der Waals surface area contributed by atoms with Gasteiger partial charge in [0.05, 0.1) is 21.8 Å². The zero-order valence-electron chi connectivity index (χ0n) is 13.8. The van der Waals surface area contributed by atoms with Gasteiger partial charge in [0, 0.05) is 17.2 Å². The summed E-state index contributed by atoms with van der Waals surface area (Å²) in [6.45, 7) is 0. The molecule has 27 heavy (non-hydrogen) atoms. The fraction of sp³-hybridized carbons (Fsp3) is 0.0500. The summed E-state index contributed by atoms with van der Waals surface area (Å²) in [7, 11) is 0. The minimum atomic E-state index is -0.779. The molecule has 0 radical (unpaired) electrons. The third-order valence-electron chi connectivity index (χ3n) is 4.57. The molecule has 2 N–H and O–H groups in total. The maximum absolute atomic E-state index is 12.9. The summed E-state index contributed by atoms with van der Waals surface area (Å²) in [5.41, 5.74) is 0.223. The standard InChI is InChI=1S/C20H12ClNO5/c21-13-9-10(7-8-23)5-6-14(13)22-19(26)15-16(20(22)27)18(25)12-4-2-1-3-11(12)17(15)24/h1-6,8-9,24-25H,7H2. The Hall–Kier alpha value is -3.38. The lowest BCUT2D eigenvalue weighted by Crippen LogP contribution is -2.29. The fourth-order valence-electron chi connectivity index (χ4n) is 3.31. The van der Waals surface area contributed by atoms with E-state index in [1.54, 1.807) is 30.3 Å². The van der Waals surface area contributed by atoms with E-state index >= 15 is 0 Å². The summed E-state index contributed by atoms with van der Waals surface area (Å²) in [6, 6.07) is 10.9. The number of phenols is 2. The van der Waals surface area contributed by atoms with E-state index in [2.05, 4.69) is 0 Å². The van der Waals surface area contributed by atoms with Crippen LogP contribution in [0.3, 0.4) is 0 Å². The first-order chi connectivity index (χ1) is 13.0. The molecule has 0 aliphatic carbocycles. The van der Waals surface area contributed by atoms with Crippen LogP contribution in [0.15, 0.2) is 42.5 Å². The van der Waals surface area contributed by atoms with Crippen molar-refractivity contribution in [2.75, 3.05) is 4.90 Å². The number of hydrogen-bond acceptors (Lipinski definition) is 5. The van der Waals surface area contributed by atoms with Gasteiger partial charge in [0.25, 0.3) is 11.8 Å². The summed E-state index contributed by atoms with van der Waals surface area (Å²) in [5.74, 6) is -2.29. The number of amides is 2. The van der Waals surface area contributed by atoms with Crippen LogP contribution in [-0.2, 0) is 11.2 Å². The van der Waals surface area contributed by atoms with Crippen LogP contribution < -0.4 is 4.90 Å². The molecule has 6 nitrogen and oxygen atoms in total. The highest BCUT2D eigenvalue weighted by atomic mass is 35.5. The van der Waals surface area contributed by atoms with Crippen LogP contribution in [0.4, 0.5) is 5.69 Å². The van der Waals surface area contributed by atoms with Crippen LogP contribution in [0.5, 0.6) is 11.5 Å². The van der Waals surface area contributed by atoms with E-state index in [-0.39, 0.29) is 50.5 Å². The number of hydrogen-bond donors (Lipinski definition) is 2. The van der Waals surface area contributed by atoms with Crippen molar-refractivity contribution < 1.29 is 24.6 Å². The Morgan fingerprint density at radius 1 is 0.926 bits per heavy atom. The van der Waals surface area contributed by atoms with Gasteiger partial charge in [0.1, 0.15) is 17.8 Å². The van der Waals surface area contributed by atoms with Gasteiger partial charge in [-0.05, 0) is 17.7 Å². The quantitative estimate of drug-likeness (QED) is 0.411. The second-order valence-electron chi connectivity index (χ2n) is 6.10. The van der Waals surface area contributed by atoms with Crippen LogP contribution >= 0.6 is 11.6 Å². The number of aldehydes is 1. The van der Waals surface area contributed by atoms with Gasteiger partial charge in [-0.1, -0.05) is 41.9 Å². The molecule has 0 saturated carbocycles. The second kappa shape index (κ2) is 6.10. The van der Waals surface area contributed by atoms with Crippen molar-refractivity contribution in [2.24, 2.45) is 0 Å². The average Bonchev–Trinajstić information content (AvgIpc) is 2.91. The summed E-state index contributed by atoms with van der Waals surface area (Å²) in [6.07, 6.45) is 0.865. The van der Waals surface area contributed by atoms with Gasteiger partial charge in [-0.3, -0.25) is 9.59 Å². The van der Waals surface area contributed by atoms with Crippen LogP contribution in [0.1, 0.15) is 26.3 Å². The van der Waals surface area contributed by atoms with E-state index in [0.717, 1.165) is 11.2 Å². The normalized spacial score (nSPS) is 13.3. The number of rotatable bonds is 3. The zero-order chi connectivity index (χ0) is 19.3. The van der Waals surface area contributed by atoms with Crippen LogP contribution in [0.25, 0.3) is 10.8 Å². The first kappa shape index (κ1) is 17.1. The lowest BCUT2D eigenvalue weighted by molar-refractivity contribution is -0.107. The molecule has 1 aliphatic heterocycles. The lowest BCUT2D eigenvalue weighted by atomic mass is 9.99. The van der Waals surface area contributed by atoms with E-state index < -0.39 is 11.8 Å². The van der Waals surface area contributed by atoms with Gasteiger partial charge in [-0.15, -0.1) is 0 Å². The third-order valence-corrected chi connectivity index (χ3v) is 4.87. The Balaban J connectivity index is 1.92. The Morgan fingerprint density at radius 3 is 1.96 bits per heavy atom. The highest BCUT2D eigenvalue weighted by Crippen LogP contribution is 2.45. The van der Waals surface area contributed by atoms with E-state index in [0.29, 0.717) is 5.56 Å². The minimum Gasteiger partial charge on any atom is -0.506 e. The average molecular weight is 382 g/mol. The largest absolute Gasteiger partial charge is 0.506 e. The van der Waals surface area contributed by atoms with Gasteiger partial charge in [0.2, 0.25) is 0 Å². The summed E-state index contributed by atoms with van der Waals surface area (Å²) < 4.78 is 0. The zero-order valence-corrected chi connectivity index (χ0v) is 14.5. The lowest BCUT2D eigenvalue weighted by Gasteiger charge is -2.16. The molecule has 0 saturated heterocycles. The number of fused-ring (bicyclic) bond motifs is 2. The van der Waals surface area contributed by atoms with Crippen LogP contribution in [-0.4, -0.2) is 28.3 Å². The SMILES string of the molecule is O=CCc1ccc(N2C(=O)c3c(c(O)c4ccccc4c3O)C2=O)c(Cl)c1. The summed E-state index contributed by atoms with van der Waals surface area (Å²) in [4.78, 5) is 37.3. The molecule has 0 spiro atoms. The topological polar surface area (TPSA) is 94.9 Å².